The van der Waals surface area contributed by atoms with E-state index >= 15 is 0 Å². The van der Waals surface area contributed by atoms with Gasteiger partial charge in [-0.2, -0.15) is 0 Å². The van der Waals surface area contributed by atoms with Crippen molar-refractivity contribution in [2.75, 3.05) is 0 Å². The lowest BCUT2D eigenvalue weighted by atomic mass is 10.1. The van der Waals surface area contributed by atoms with Crippen LogP contribution >= 0.6 is 11.6 Å². The van der Waals surface area contributed by atoms with Crippen LogP contribution in [-0.4, -0.2) is 5.11 Å². The summed E-state index contributed by atoms with van der Waals surface area (Å²) in [6.45, 7) is 3.49. The zero-order valence-electron chi connectivity index (χ0n) is 10.7. The second-order valence-corrected chi connectivity index (χ2v) is 4.81. The van der Waals surface area contributed by atoms with Crippen LogP contribution in [0.15, 0.2) is 36.4 Å². The topological polar surface area (TPSA) is 29.5 Å². The molecule has 0 saturated heterocycles. The van der Waals surface area contributed by atoms with Gasteiger partial charge in [0, 0.05) is 0 Å². The zero-order valence-corrected chi connectivity index (χ0v) is 11.4. The number of aryl methyl sites for hydroxylation is 1. The molecular formula is C15H14ClFO2. The van der Waals surface area contributed by atoms with Gasteiger partial charge in [-0.05, 0) is 49.2 Å². The molecule has 2 aromatic rings. The molecule has 1 atom stereocenters. The van der Waals surface area contributed by atoms with E-state index < -0.39 is 11.9 Å². The highest BCUT2D eigenvalue weighted by molar-refractivity contribution is 6.32. The minimum atomic E-state index is -0.716. The molecule has 0 radical (unpaired) electrons. The summed E-state index contributed by atoms with van der Waals surface area (Å²) in [5, 5.41) is 9.80. The molecule has 1 N–H and O–H groups in total. The number of ether oxygens (including phenoxy) is 1. The Labute approximate surface area is 116 Å². The van der Waals surface area contributed by atoms with Crippen LogP contribution in [0.4, 0.5) is 4.39 Å². The summed E-state index contributed by atoms with van der Waals surface area (Å²) in [5.74, 6) is -0.0545. The third-order valence-electron chi connectivity index (χ3n) is 2.75. The first-order valence-corrected chi connectivity index (χ1v) is 6.26. The summed E-state index contributed by atoms with van der Waals surface area (Å²) in [4.78, 5) is 0. The maximum Gasteiger partial charge on any atom is 0.166 e. The summed E-state index contributed by atoms with van der Waals surface area (Å²) < 4.78 is 19.3. The van der Waals surface area contributed by atoms with Crippen molar-refractivity contribution in [1.82, 2.24) is 0 Å². The van der Waals surface area contributed by atoms with Gasteiger partial charge in [-0.1, -0.05) is 23.7 Å². The molecule has 0 saturated carbocycles. The van der Waals surface area contributed by atoms with Gasteiger partial charge < -0.3 is 9.84 Å². The average molecular weight is 281 g/mol. The Balaban J connectivity index is 2.28. The normalized spacial score (nSPS) is 12.3. The van der Waals surface area contributed by atoms with Gasteiger partial charge in [-0.3, -0.25) is 0 Å². The van der Waals surface area contributed by atoms with Gasteiger partial charge in [0.25, 0.3) is 0 Å². The zero-order chi connectivity index (χ0) is 14.0. The molecule has 2 aromatic carbocycles. The van der Waals surface area contributed by atoms with E-state index in [4.69, 9.17) is 16.3 Å². The Hall–Kier alpha value is -1.58. The molecule has 4 heteroatoms. The van der Waals surface area contributed by atoms with Crippen LogP contribution in [0.1, 0.15) is 24.2 Å². The Bertz CT molecular complexity index is 597. The molecule has 0 bridgehead atoms. The number of rotatable bonds is 3. The number of aliphatic hydroxyl groups is 1. The molecule has 0 spiro atoms. The van der Waals surface area contributed by atoms with Gasteiger partial charge in [-0.15, -0.1) is 0 Å². The summed E-state index contributed by atoms with van der Waals surface area (Å²) in [5.41, 5.74) is 1.50. The first-order valence-electron chi connectivity index (χ1n) is 5.89. The lowest BCUT2D eigenvalue weighted by molar-refractivity contribution is 0.198. The third kappa shape index (κ3) is 3.25. The van der Waals surface area contributed by atoms with Gasteiger partial charge in [0.2, 0.25) is 0 Å². The number of aliphatic hydroxyl groups excluding tert-OH is 1. The van der Waals surface area contributed by atoms with Crippen LogP contribution in [0.2, 0.25) is 5.02 Å². The van der Waals surface area contributed by atoms with E-state index in [1.807, 2.05) is 13.0 Å². The van der Waals surface area contributed by atoms with Crippen LogP contribution in [0.5, 0.6) is 11.5 Å². The minimum Gasteiger partial charge on any atom is -0.453 e. The quantitative estimate of drug-likeness (QED) is 0.888. The summed E-state index contributed by atoms with van der Waals surface area (Å²) in [7, 11) is 0. The lowest BCUT2D eigenvalue weighted by Crippen LogP contribution is -1.95. The Morgan fingerprint density at radius 1 is 1.16 bits per heavy atom. The molecular weight excluding hydrogens is 267 g/mol. The van der Waals surface area contributed by atoms with Gasteiger partial charge in [0.15, 0.2) is 11.6 Å². The van der Waals surface area contributed by atoms with Crippen LogP contribution in [0, 0.1) is 12.7 Å². The summed E-state index contributed by atoms with van der Waals surface area (Å²) in [6, 6.07) is 9.63. The smallest absolute Gasteiger partial charge is 0.166 e. The van der Waals surface area contributed by atoms with Gasteiger partial charge in [0.05, 0.1) is 11.1 Å². The summed E-state index contributed by atoms with van der Waals surface area (Å²) in [6.07, 6.45) is -0.716. The predicted octanol–water partition coefficient (Wildman–Crippen LogP) is 4.63. The van der Waals surface area contributed by atoms with Crippen LogP contribution in [0.25, 0.3) is 0 Å². The van der Waals surface area contributed by atoms with Crippen molar-refractivity contribution in [2.45, 2.75) is 20.0 Å². The first kappa shape index (κ1) is 13.8. The van der Waals surface area contributed by atoms with E-state index in [1.54, 1.807) is 25.1 Å². The monoisotopic (exact) mass is 280 g/mol. The molecule has 0 aromatic heterocycles. The molecule has 1 unspecified atom stereocenters. The third-order valence-corrected chi connectivity index (χ3v) is 3.04. The second kappa shape index (κ2) is 5.59. The maximum absolute atomic E-state index is 13.8. The van der Waals surface area contributed by atoms with Crippen molar-refractivity contribution < 1.29 is 14.2 Å². The van der Waals surface area contributed by atoms with E-state index in [2.05, 4.69) is 0 Å². The molecule has 0 heterocycles. The molecule has 0 aliphatic heterocycles. The highest BCUT2D eigenvalue weighted by atomic mass is 35.5. The molecule has 0 aliphatic carbocycles. The molecule has 2 rings (SSSR count). The fourth-order valence-corrected chi connectivity index (χ4v) is 1.94. The van der Waals surface area contributed by atoms with Gasteiger partial charge in [0.1, 0.15) is 5.75 Å². The van der Waals surface area contributed by atoms with Crippen molar-refractivity contribution in [2.24, 2.45) is 0 Å². The average Bonchev–Trinajstić information content (AvgIpc) is 2.34. The van der Waals surface area contributed by atoms with Crippen molar-refractivity contribution in [3.8, 4) is 11.5 Å². The number of hydrogen-bond acceptors (Lipinski definition) is 2. The molecule has 0 aliphatic rings. The maximum atomic E-state index is 13.8. The minimum absolute atomic E-state index is 0.0788. The Morgan fingerprint density at radius 3 is 2.42 bits per heavy atom. The highest BCUT2D eigenvalue weighted by Crippen LogP contribution is 2.32. The van der Waals surface area contributed by atoms with E-state index in [9.17, 15) is 9.50 Å². The number of hydrogen-bond donors (Lipinski definition) is 1. The first-order chi connectivity index (χ1) is 8.97. The fourth-order valence-electron chi connectivity index (χ4n) is 1.67. The van der Waals surface area contributed by atoms with E-state index in [1.165, 1.54) is 12.1 Å². The molecule has 100 valence electrons. The van der Waals surface area contributed by atoms with E-state index in [0.717, 1.165) is 5.56 Å². The van der Waals surface area contributed by atoms with E-state index in [0.29, 0.717) is 16.3 Å². The lowest BCUT2D eigenvalue weighted by Gasteiger charge is -2.11. The Kier molecular flexibility index (Phi) is 4.08. The van der Waals surface area contributed by atoms with Crippen molar-refractivity contribution in [3.63, 3.8) is 0 Å². The molecule has 0 amide bonds. The van der Waals surface area contributed by atoms with E-state index in [-0.39, 0.29) is 5.75 Å². The number of benzene rings is 2. The van der Waals surface area contributed by atoms with Crippen LogP contribution in [-0.2, 0) is 0 Å². The van der Waals surface area contributed by atoms with Gasteiger partial charge in [-0.25, -0.2) is 4.39 Å². The number of halogens is 2. The van der Waals surface area contributed by atoms with Crippen LogP contribution < -0.4 is 4.74 Å². The standard InChI is InChI=1S/C15H14ClFO2/c1-9-3-5-14(12(16)7-9)19-15-6-4-11(10(2)18)8-13(15)17/h3-8,10,18H,1-2H3. The largest absolute Gasteiger partial charge is 0.453 e. The SMILES string of the molecule is Cc1ccc(Oc2ccc(C(C)O)cc2F)c(Cl)c1. The van der Waals surface area contributed by atoms with Crippen molar-refractivity contribution in [3.05, 3.63) is 58.4 Å². The molecule has 2 nitrogen and oxygen atoms in total. The molecule has 0 fully saturated rings. The molecule has 19 heavy (non-hydrogen) atoms. The fraction of sp³-hybridized carbons (Fsp3) is 0.200. The highest BCUT2D eigenvalue weighted by Gasteiger charge is 2.10. The van der Waals surface area contributed by atoms with Crippen molar-refractivity contribution in [1.29, 1.82) is 0 Å². The van der Waals surface area contributed by atoms with Crippen LogP contribution in [0.3, 0.4) is 0 Å². The van der Waals surface area contributed by atoms with Crippen molar-refractivity contribution >= 4 is 11.6 Å². The predicted molar refractivity (Wildman–Crippen MR) is 73.3 cm³/mol. The van der Waals surface area contributed by atoms with Gasteiger partial charge >= 0.3 is 0 Å². The summed E-state index contributed by atoms with van der Waals surface area (Å²) >= 11 is 6.03. The second-order valence-electron chi connectivity index (χ2n) is 4.40. The Morgan fingerprint density at radius 2 is 1.84 bits per heavy atom.